The van der Waals surface area contributed by atoms with E-state index in [1.807, 2.05) is 12.1 Å². The van der Waals surface area contributed by atoms with Crippen LogP contribution in [-0.2, 0) is 0 Å². The average molecular weight is 574 g/mol. The van der Waals surface area contributed by atoms with Gasteiger partial charge in [-0.05, 0) is 75.4 Å². The van der Waals surface area contributed by atoms with E-state index in [0.717, 1.165) is 42.1 Å². The van der Waals surface area contributed by atoms with Crippen molar-refractivity contribution in [3.05, 3.63) is 97.1 Å². The Labute approximate surface area is 240 Å². The normalized spacial score (nSPS) is 16.8. The van der Waals surface area contributed by atoms with Gasteiger partial charge in [0.05, 0.1) is 28.4 Å². The van der Waals surface area contributed by atoms with E-state index in [4.69, 9.17) is 18.9 Å². The summed E-state index contributed by atoms with van der Waals surface area (Å²) < 4.78 is 22.6. The number of hydrogen-bond donors (Lipinski definition) is 1. The van der Waals surface area contributed by atoms with Crippen molar-refractivity contribution >= 4 is 37.1 Å². The van der Waals surface area contributed by atoms with Crippen molar-refractivity contribution in [3.63, 3.8) is 0 Å². The van der Waals surface area contributed by atoms with Crippen LogP contribution in [0.25, 0.3) is 0 Å². The van der Waals surface area contributed by atoms with Crippen LogP contribution in [0.15, 0.2) is 97.1 Å². The Balaban J connectivity index is 1.45. The van der Waals surface area contributed by atoms with Crippen LogP contribution < -0.4 is 45.5 Å². The third-order valence-electron chi connectivity index (χ3n) is 7.42. The lowest BCUT2D eigenvalue weighted by molar-refractivity contribution is 0.415. The van der Waals surface area contributed by atoms with Gasteiger partial charge in [-0.3, -0.25) is 0 Å². The minimum Gasteiger partial charge on any atom is -0.497 e. The molecular weight excluding hydrogens is 536 g/mol. The molecule has 0 spiro atoms. The molecule has 1 aliphatic rings. The Hall–Kier alpha value is -3.10. The first-order chi connectivity index (χ1) is 19.6. The molecule has 5 rings (SSSR count). The van der Waals surface area contributed by atoms with Gasteiger partial charge in [0.15, 0.2) is 0 Å². The Kier molecular flexibility index (Phi) is 9.60. The topological polar surface area (TPSA) is 49.0 Å². The summed E-state index contributed by atoms with van der Waals surface area (Å²) in [5, 5.41) is 9.15. The highest BCUT2D eigenvalue weighted by Gasteiger charge is 2.35. The second-order valence-electron chi connectivity index (χ2n) is 9.72. The number of nitrogens with one attached hydrogen (secondary N) is 1. The number of methoxy groups -OCH3 is 4. The van der Waals surface area contributed by atoms with Crippen LogP contribution in [-0.4, -0.2) is 52.8 Å². The molecule has 1 N–H and O–H groups in total. The monoisotopic (exact) mass is 573 g/mol. The van der Waals surface area contributed by atoms with E-state index < -0.39 is 15.8 Å². The molecule has 1 fully saturated rings. The second-order valence-corrected chi connectivity index (χ2v) is 14.4. The fourth-order valence-electron chi connectivity index (χ4n) is 5.44. The summed E-state index contributed by atoms with van der Waals surface area (Å²) in [4.78, 5) is 0. The number of rotatable bonds is 11. The highest BCUT2D eigenvalue weighted by molar-refractivity contribution is 7.74. The number of ether oxygens (including phenoxy) is 4. The lowest BCUT2D eigenvalue weighted by atomic mass is 10.2. The molecule has 0 aromatic heterocycles. The molecule has 40 heavy (non-hydrogen) atoms. The molecule has 0 unspecified atom stereocenters. The van der Waals surface area contributed by atoms with Gasteiger partial charge >= 0.3 is 0 Å². The van der Waals surface area contributed by atoms with Crippen LogP contribution in [0.2, 0.25) is 0 Å². The van der Waals surface area contributed by atoms with Gasteiger partial charge < -0.3 is 24.3 Å². The van der Waals surface area contributed by atoms with Crippen molar-refractivity contribution in [1.82, 2.24) is 5.32 Å². The Bertz CT molecular complexity index is 1290. The molecule has 7 heteroatoms. The summed E-state index contributed by atoms with van der Waals surface area (Å²) in [6, 6.07) is 34.5. The van der Waals surface area contributed by atoms with Gasteiger partial charge in [-0.15, -0.1) is 0 Å². The highest BCUT2D eigenvalue weighted by Crippen LogP contribution is 2.47. The van der Waals surface area contributed by atoms with E-state index in [0.29, 0.717) is 11.7 Å². The van der Waals surface area contributed by atoms with Crippen molar-refractivity contribution in [3.8, 4) is 23.0 Å². The quantitative estimate of drug-likeness (QED) is 0.256. The fraction of sp³-hybridized carbons (Fsp3) is 0.273. The van der Waals surface area contributed by atoms with Crippen molar-refractivity contribution in [2.24, 2.45) is 0 Å². The number of benzene rings is 4. The van der Waals surface area contributed by atoms with Gasteiger partial charge in [0.1, 0.15) is 23.0 Å². The van der Waals surface area contributed by atoms with E-state index in [9.17, 15) is 0 Å². The van der Waals surface area contributed by atoms with E-state index in [1.165, 1.54) is 21.2 Å². The van der Waals surface area contributed by atoms with Crippen molar-refractivity contribution < 1.29 is 18.9 Å². The fourth-order valence-corrected chi connectivity index (χ4v) is 11.0. The van der Waals surface area contributed by atoms with E-state index >= 15 is 0 Å². The molecule has 1 aliphatic heterocycles. The van der Waals surface area contributed by atoms with Gasteiger partial charge in [-0.1, -0.05) is 60.7 Å². The molecule has 5 nitrogen and oxygen atoms in total. The van der Waals surface area contributed by atoms with Gasteiger partial charge in [-0.25, -0.2) is 0 Å². The SMILES string of the molecule is COc1ccc(P(c2ccc(OC)cc2)[C@@H]2CN[C@H](CP(c3ccccc3OC)c3ccccc3OC)C2)cc1. The average Bonchev–Trinajstić information content (AvgIpc) is 3.48. The van der Waals surface area contributed by atoms with Crippen LogP contribution in [0.1, 0.15) is 6.42 Å². The number of para-hydroxylation sites is 2. The summed E-state index contributed by atoms with van der Waals surface area (Å²) in [6.07, 6.45) is 2.12. The van der Waals surface area contributed by atoms with Crippen LogP contribution in [0.4, 0.5) is 0 Å². The highest BCUT2D eigenvalue weighted by atomic mass is 31.1. The minimum absolute atomic E-state index is 0.382. The summed E-state index contributed by atoms with van der Waals surface area (Å²) in [6.45, 7) is 0.982. The Morgan fingerprint density at radius 3 is 1.55 bits per heavy atom. The first-order valence-corrected chi connectivity index (χ1v) is 16.4. The zero-order chi connectivity index (χ0) is 27.9. The summed E-state index contributed by atoms with van der Waals surface area (Å²) in [7, 11) is 5.66. The second kappa shape index (κ2) is 13.5. The third-order valence-corrected chi connectivity index (χ3v) is 13.0. The minimum atomic E-state index is -0.714. The maximum absolute atomic E-state index is 5.84. The lowest BCUT2D eigenvalue weighted by Crippen LogP contribution is -2.29. The van der Waals surface area contributed by atoms with Gasteiger partial charge in [0, 0.05) is 28.9 Å². The van der Waals surface area contributed by atoms with E-state index in [-0.39, 0.29) is 0 Å². The van der Waals surface area contributed by atoms with Crippen molar-refractivity contribution in [2.45, 2.75) is 18.1 Å². The van der Waals surface area contributed by atoms with E-state index in [1.54, 1.807) is 28.4 Å². The molecule has 208 valence electrons. The summed E-state index contributed by atoms with van der Waals surface area (Å²) in [5.41, 5.74) is 0.508. The third kappa shape index (κ3) is 6.28. The first kappa shape index (κ1) is 28.4. The van der Waals surface area contributed by atoms with Crippen molar-refractivity contribution in [2.75, 3.05) is 41.1 Å². The Morgan fingerprint density at radius 2 is 1.10 bits per heavy atom. The standard InChI is InChI=1S/C33H37NO4P2/c1-35-25-13-17-27(18-14-25)40(28-19-15-26(36-2)16-20-28)29-21-24(34-22-29)23-39(32-11-7-5-9-30(32)37-3)33-12-8-6-10-31(33)38-4/h5-20,24,29,34H,21-23H2,1-4H3/t24-,29-/m0/s1. The smallest absolute Gasteiger partial charge is 0.126 e. The van der Waals surface area contributed by atoms with Gasteiger partial charge in [-0.2, -0.15) is 0 Å². The molecule has 1 heterocycles. The molecular formula is C33H37NO4P2. The molecule has 0 amide bonds. The zero-order valence-electron chi connectivity index (χ0n) is 23.5. The first-order valence-electron chi connectivity index (χ1n) is 13.5. The molecule has 4 aromatic carbocycles. The Morgan fingerprint density at radius 1 is 0.625 bits per heavy atom. The van der Waals surface area contributed by atoms with Crippen LogP contribution in [0.5, 0.6) is 23.0 Å². The van der Waals surface area contributed by atoms with Crippen LogP contribution in [0.3, 0.4) is 0 Å². The molecule has 0 aliphatic carbocycles. The molecule has 4 aromatic rings. The lowest BCUT2D eigenvalue weighted by Gasteiger charge is -2.27. The zero-order valence-corrected chi connectivity index (χ0v) is 25.3. The van der Waals surface area contributed by atoms with E-state index in [2.05, 4.69) is 90.2 Å². The molecule has 0 saturated carbocycles. The predicted molar refractivity (Wildman–Crippen MR) is 169 cm³/mol. The maximum Gasteiger partial charge on any atom is 0.126 e. The number of hydrogen-bond acceptors (Lipinski definition) is 5. The summed E-state index contributed by atoms with van der Waals surface area (Å²) in [5.74, 6) is 3.64. The largest absolute Gasteiger partial charge is 0.497 e. The molecule has 2 atom stereocenters. The van der Waals surface area contributed by atoms with Crippen LogP contribution in [0, 0.1) is 0 Å². The van der Waals surface area contributed by atoms with Crippen molar-refractivity contribution in [1.29, 1.82) is 0 Å². The molecule has 0 bridgehead atoms. The van der Waals surface area contributed by atoms with Gasteiger partial charge in [0.25, 0.3) is 0 Å². The van der Waals surface area contributed by atoms with Gasteiger partial charge in [0.2, 0.25) is 0 Å². The summed E-state index contributed by atoms with van der Waals surface area (Å²) >= 11 is 0. The van der Waals surface area contributed by atoms with Crippen LogP contribution >= 0.6 is 15.8 Å². The molecule has 0 radical (unpaired) electrons. The molecule has 1 saturated heterocycles. The predicted octanol–water partition coefficient (Wildman–Crippen LogP) is 5.02. The maximum atomic E-state index is 5.84.